The van der Waals surface area contributed by atoms with Gasteiger partial charge < -0.3 is 5.32 Å². The lowest BCUT2D eigenvalue weighted by atomic mass is 9.88. The standard InChI is InChI=1S/C13H26N2/c1-13(2,15-8-4-5-9-15)12(14-3)10-11-6-7-11/h11-12,14H,4-10H2,1-3H3. The summed E-state index contributed by atoms with van der Waals surface area (Å²) in [5, 5.41) is 3.55. The van der Waals surface area contributed by atoms with E-state index in [2.05, 4.69) is 31.1 Å². The highest BCUT2D eigenvalue weighted by atomic mass is 15.2. The lowest BCUT2D eigenvalue weighted by Gasteiger charge is -2.42. The van der Waals surface area contributed by atoms with Crippen LogP contribution < -0.4 is 5.32 Å². The molecule has 2 aliphatic rings. The first-order valence-electron chi connectivity index (χ1n) is 6.57. The Balaban J connectivity index is 1.95. The molecule has 2 heteroatoms. The number of hydrogen-bond donors (Lipinski definition) is 1. The Morgan fingerprint density at radius 3 is 2.33 bits per heavy atom. The van der Waals surface area contributed by atoms with Gasteiger partial charge in [0.25, 0.3) is 0 Å². The Morgan fingerprint density at radius 1 is 1.27 bits per heavy atom. The zero-order valence-electron chi connectivity index (χ0n) is 10.6. The molecule has 0 amide bonds. The van der Waals surface area contributed by atoms with Crippen LogP contribution in [0, 0.1) is 5.92 Å². The highest BCUT2D eigenvalue weighted by Crippen LogP contribution is 2.37. The molecular formula is C13H26N2. The Hall–Kier alpha value is -0.0800. The van der Waals surface area contributed by atoms with Crippen LogP contribution in [0.15, 0.2) is 0 Å². The van der Waals surface area contributed by atoms with Crippen LogP contribution in [0.3, 0.4) is 0 Å². The predicted octanol–water partition coefficient (Wildman–Crippen LogP) is 2.25. The number of hydrogen-bond acceptors (Lipinski definition) is 2. The van der Waals surface area contributed by atoms with Crippen molar-refractivity contribution in [2.24, 2.45) is 5.92 Å². The van der Waals surface area contributed by atoms with Gasteiger partial charge in [-0.2, -0.15) is 0 Å². The fourth-order valence-corrected chi connectivity index (χ4v) is 2.96. The summed E-state index contributed by atoms with van der Waals surface area (Å²) in [7, 11) is 2.13. The SMILES string of the molecule is CNC(CC1CC1)C(C)(C)N1CCCC1. The third-order valence-corrected chi connectivity index (χ3v) is 4.39. The number of nitrogens with one attached hydrogen (secondary N) is 1. The summed E-state index contributed by atoms with van der Waals surface area (Å²) in [4.78, 5) is 2.68. The van der Waals surface area contributed by atoms with Crippen molar-refractivity contribution in [1.82, 2.24) is 10.2 Å². The Labute approximate surface area is 94.4 Å². The lowest BCUT2D eigenvalue weighted by Crippen LogP contribution is -2.56. The molecule has 1 heterocycles. The van der Waals surface area contributed by atoms with Crippen LogP contribution in [0.2, 0.25) is 0 Å². The van der Waals surface area contributed by atoms with Crippen molar-refractivity contribution >= 4 is 0 Å². The summed E-state index contributed by atoms with van der Waals surface area (Å²) in [6.07, 6.45) is 7.09. The van der Waals surface area contributed by atoms with Crippen LogP contribution in [0.5, 0.6) is 0 Å². The van der Waals surface area contributed by atoms with Gasteiger partial charge in [-0.3, -0.25) is 4.90 Å². The zero-order chi connectivity index (χ0) is 10.9. The molecule has 1 N–H and O–H groups in total. The molecule has 0 aromatic heterocycles. The Kier molecular flexibility index (Phi) is 3.36. The van der Waals surface area contributed by atoms with Crippen molar-refractivity contribution in [3.8, 4) is 0 Å². The molecule has 2 rings (SSSR count). The molecule has 1 aliphatic heterocycles. The van der Waals surface area contributed by atoms with Gasteiger partial charge >= 0.3 is 0 Å². The number of rotatable bonds is 5. The summed E-state index contributed by atoms with van der Waals surface area (Å²) < 4.78 is 0. The maximum absolute atomic E-state index is 3.55. The van der Waals surface area contributed by atoms with E-state index >= 15 is 0 Å². The van der Waals surface area contributed by atoms with Gasteiger partial charge in [0, 0.05) is 11.6 Å². The van der Waals surface area contributed by atoms with Gasteiger partial charge in [-0.05, 0) is 59.2 Å². The molecule has 2 fully saturated rings. The molecule has 1 aliphatic carbocycles. The fourth-order valence-electron chi connectivity index (χ4n) is 2.96. The minimum absolute atomic E-state index is 0.341. The first-order chi connectivity index (χ1) is 7.14. The molecule has 1 atom stereocenters. The average molecular weight is 210 g/mol. The molecule has 0 bridgehead atoms. The topological polar surface area (TPSA) is 15.3 Å². The van der Waals surface area contributed by atoms with Gasteiger partial charge in [-0.15, -0.1) is 0 Å². The quantitative estimate of drug-likeness (QED) is 0.749. The molecule has 1 saturated carbocycles. The second kappa shape index (κ2) is 4.42. The molecule has 0 radical (unpaired) electrons. The monoisotopic (exact) mass is 210 g/mol. The van der Waals surface area contributed by atoms with Gasteiger partial charge in [0.15, 0.2) is 0 Å². The van der Waals surface area contributed by atoms with E-state index in [-0.39, 0.29) is 0 Å². The van der Waals surface area contributed by atoms with Crippen molar-refractivity contribution in [1.29, 1.82) is 0 Å². The molecular weight excluding hydrogens is 184 g/mol. The average Bonchev–Trinajstić information content (AvgIpc) is 2.83. The van der Waals surface area contributed by atoms with E-state index in [1.807, 2.05) is 0 Å². The van der Waals surface area contributed by atoms with Gasteiger partial charge in [0.05, 0.1) is 0 Å². The van der Waals surface area contributed by atoms with Crippen molar-refractivity contribution in [2.45, 2.75) is 57.5 Å². The largest absolute Gasteiger partial charge is 0.315 e. The maximum Gasteiger partial charge on any atom is 0.0306 e. The van der Waals surface area contributed by atoms with Gasteiger partial charge in [0.1, 0.15) is 0 Å². The minimum Gasteiger partial charge on any atom is -0.315 e. The van der Waals surface area contributed by atoms with Crippen molar-refractivity contribution in [3.05, 3.63) is 0 Å². The number of nitrogens with zero attached hydrogens (tertiary/aromatic N) is 1. The van der Waals surface area contributed by atoms with Crippen LogP contribution in [-0.2, 0) is 0 Å². The Morgan fingerprint density at radius 2 is 1.87 bits per heavy atom. The smallest absolute Gasteiger partial charge is 0.0306 e. The van der Waals surface area contributed by atoms with Crippen LogP contribution in [-0.4, -0.2) is 36.6 Å². The molecule has 1 unspecified atom stereocenters. The van der Waals surface area contributed by atoms with E-state index in [9.17, 15) is 0 Å². The lowest BCUT2D eigenvalue weighted by molar-refractivity contribution is 0.103. The maximum atomic E-state index is 3.55. The molecule has 88 valence electrons. The molecule has 0 aromatic carbocycles. The Bertz CT molecular complexity index is 203. The molecule has 2 nitrogen and oxygen atoms in total. The zero-order valence-corrected chi connectivity index (χ0v) is 10.6. The normalized spacial score (nSPS) is 25.8. The van der Waals surface area contributed by atoms with Crippen molar-refractivity contribution < 1.29 is 0 Å². The predicted molar refractivity (Wildman–Crippen MR) is 65.1 cm³/mol. The van der Waals surface area contributed by atoms with E-state index in [4.69, 9.17) is 0 Å². The second-order valence-electron chi connectivity index (χ2n) is 5.87. The summed E-state index contributed by atoms with van der Waals surface area (Å²) in [6.45, 7) is 7.44. The summed E-state index contributed by atoms with van der Waals surface area (Å²) in [6, 6.07) is 0.670. The van der Waals surface area contributed by atoms with E-state index in [1.54, 1.807) is 0 Å². The molecule has 0 aromatic rings. The molecule has 15 heavy (non-hydrogen) atoms. The summed E-state index contributed by atoms with van der Waals surface area (Å²) in [5.41, 5.74) is 0.341. The van der Waals surface area contributed by atoms with Gasteiger partial charge in [-0.25, -0.2) is 0 Å². The third kappa shape index (κ3) is 2.54. The first kappa shape index (κ1) is 11.4. The van der Waals surface area contributed by atoms with Crippen LogP contribution in [0.1, 0.15) is 46.0 Å². The van der Waals surface area contributed by atoms with E-state index in [1.165, 1.54) is 45.2 Å². The minimum atomic E-state index is 0.341. The van der Waals surface area contributed by atoms with Gasteiger partial charge in [0.2, 0.25) is 0 Å². The van der Waals surface area contributed by atoms with Crippen LogP contribution in [0.4, 0.5) is 0 Å². The summed E-state index contributed by atoms with van der Waals surface area (Å²) >= 11 is 0. The van der Waals surface area contributed by atoms with Crippen molar-refractivity contribution in [3.63, 3.8) is 0 Å². The summed E-state index contributed by atoms with van der Waals surface area (Å²) in [5.74, 6) is 1.02. The van der Waals surface area contributed by atoms with E-state index < -0.39 is 0 Å². The van der Waals surface area contributed by atoms with E-state index in [0.29, 0.717) is 11.6 Å². The fraction of sp³-hybridized carbons (Fsp3) is 1.00. The third-order valence-electron chi connectivity index (χ3n) is 4.39. The second-order valence-corrected chi connectivity index (χ2v) is 5.87. The van der Waals surface area contributed by atoms with Crippen LogP contribution >= 0.6 is 0 Å². The number of likely N-dealkylation sites (tertiary alicyclic amines) is 1. The van der Waals surface area contributed by atoms with Crippen molar-refractivity contribution in [2.75, 3.05) is 20.1 Å². The molecule has 0 spiro atoms. The molecule has 1 saturated heterocycles. The van der Waals surface area contributed by atoms with Gasteiger partial charge in [-0.1, -0.05) is 12.8 Å². The number of likely N-dealkylation sites (N-methyl/N-ethyl adjacent to an activating group) is 1. The van der Waals surface area contributed by atoms with E-state index in [0.717, 1.165) is 5.92 Å². The van der Waals surface area contributed by atoms with Crippen LogP contribution in [0.25, 0.3) is 0 Å². The highest BCUT2D eigenvalue weighted by molar-refractivity contribution is 4.97. The highest BCUT2D eigenvalue weighted by Gasteiger charge is 2.38. The first-order valence-corrected chi connectivity index (χ1v) is 6.57.